The molecule has 0 saturated heterocycles. The summed E-state index contributed by atoms with van der Waals surface area (Å²) in [6.07, 6.45) is 0. The summed E-state index contributed by atoms with van der Waals surface area (Å²) in [5.41, 5.74) is 8.34. The van der Waals surface area contributed by atoms with Gasteiger partial charge in [-0.15, -0.1) is 0 Å². The van der Waals surface area contributed by atoms with Crippen molar-refractivity contribution in [3.8, 4) is 0 Å². The van der Waals surface area contributed by atoms with E-state index in [1.807, 2.05) is 6.92 Å². The van der Waals surface area contributed by atoms with Crippen molar-refractivity contribution < 1.29 is 25.1 Å². The van der Waals surface area contributed by atoms with Crippen LogP contribution in [0, 0.1) is 41.5 Å². The maximum atomic E-state index is 12.8. The first-order chi connectivity index (χ1) is 9.81. The Morgan fingerprint density at radius 3 is 2.09 bits per heavy atom. The van der Waals surface area contributed by atoms with E-state index in [0.29, 0.717) is 0 Å². The molecule has 112 valence electrons. The fourth-order valence-corrected chi connectivity index (χ4v) is 3.96. The molecule has 0 amide bonds. The molecule has 0 aromatic heterocycles. The van der Waals surface area contributed by atoms with Crippen LogP contribution in [0.1, 0.15) is 45.2 Å². The number of benzene rings is 2. The Bertz CT molecular complexity index is 726. The number of hydrogen-bond acceptors (Lipinski definition) is 1. The Hall–Kier alpha value is -0.863. The molecule has 2 aromatic carbocycles. The average Bonchev–Trinajstić information content (AvgIpc) is 2.39. The van der Waals surface area contributed by atoms with Gasteiger partial charge < -0.3 is 1.43 Å². The van der Waals surface area contributed by atoms with Crippen molar-refractivity contribution in [2.75, 3.05) is 0 Å². The summed E-state index contributed by atoms with van der Waals surface area (Å²) < 4.78 is 0. The molecule has 1 atom stereocenters. The third kappa shape index (κ3) is 3.91. The zero-order valence-corrected chi connectivity index (χ0v) is 15.7. The average molecular weight is 306 g/mol. The van der Waals surface area contributed by atoms with E-state index < -0.39 is 0 Å². The van der Waals surface area contributed by atoms with Crippen molar-refractivity contribution in [2.45, 2.75) is 41.5 Å². The zero-order chi connectivity index (χ0) is 15.7. The molecular weight excluding hydrogens is 282 g/mol. The van der Waals surface area contributed by atoms with Gasteiger partial charge in [-0.1, -0.05) is 29.8 Å². The fourth-order valence-electron chi connectivity index (χ4n) is 2.77. The Balaban J connectivity index is 0.00000242. The van der Waals surface area contributed by atoms with Crippen LogP contribution in [0.3, 0.4) is 0 Å². The Morgan fingerprint density at radius 1 is 0.864 bits per heavy atom. The Labute approximate surface area is 149 Å². The van der Waals surface area contributed by atoms with Gasteiger partial charge in [-0.25, -0.2) is 0 Å². The minimum absolute atomic E-state index is 0. The smallest absolute Gasteiger partial charge is 1.00 e. The molecule has 1 unspecified atom stereocenters. The molecule has 2 rings (SSSR count). The van der Waals surface area contributed by atoms with Crippen LogP contribution >= 0.6 is 8.58 Å². The summed E-state index contributed by atoms with van der Waals surface area (Å²) in [5.74, 6) is 0. The standard InChI is InChI=1S/C19H23OP.Li.H/c1-11-7-8-17(13(3)9-11)21-19(20)18-14(4)10-12(2)15(5)16(18)6;;/h7-10,21H,1-6H3;;/q;+1;-1. The van der Waals surface area contributed by atoms with Crippen molar-refractivity contribution in [3.63, 3.8) is 0 Å². The quantitative estimate of drug-likeness (QED) is 0.624. The molecule has 0 spiro atoms. The molecule has 0 aliphatic heterocycles. The van der Waals surface area contributed by atoms with E-state index in [1.165, 1.54) is 22.3 Å². The SMILES string of the molecule is Cc1ccc(PC(=O)c2c(C)cc(C)c(C)c2C)c(C)c1.[H-].[Li+]. The van der Waals surface area contributed by atoms with Crippen molar-refractivity contribution in [2.24, 2.45) is 0 Å². The van der Waals surface area contributed by atoms with Crippen molar-refractivity contribution in [3.05, 3.63) is 63.2 Å². The van der Waals surface area contributed by atoms with Crippen LogP contribution in [0.15, 0.2) is 24.3 Å². The van der Waals surface area contributed by atoms with Crippen LogP contribution in [0.25, 0.3) is 0 Å². The minimum atomic E-state index is 0. The van der Waals surface area contributed by atoms with Gasteiger partial charge in [-0.2, -0.15) is 0 Å². The molecule has 0 aliphatic carbocycles. The first-order valence-corrected chi connectivity index (χ1v) is 8.27. The van der Waals surface area contributed by atoms with Gasteiger partial charge in [0.05, 0.1) is 0 Å². The largest absolute Gasteiger partial charge is 1.00 e. The van der Waals surface area contributed by atoms with Gasteiger partial charge in [-0.3, -0.25) is 4.79 Å². The summed E-state index contributed by atoms with van der Waals surface area (Å²) in [4.78, 5) is 12.8. The van der Waals surface area contributed by atoms with Crippen LogP contribution in [-0.4, -0.2) is 5.52 Å². The number of hydrogen-bond donors (Lipinski definition) is 0. The summed E-state index contributed by atoms with van der Waals surface area (Å²) in [7, 11) is 0.198. The van der Waals surface area contributed by atoms with Crippen molar-refractivity contribution in [1.29, 1.82) is 0 Å². The van der Waals surface area contributed by atoms with Gasteiger partial charge in [0, 0.05) is 5.56 Å². The molecule has 0 fully saturated rings. The maximum absolute atomic E-state index is 12.8. The first kappa shape index (κ1) is 19.2. The van der Waals surface area contributed by atoms with E-state index in [1.54, 1.807) is 0 Å². The molecule has 0 heterocycles. The first-order valence-electron chi connectivity index (χ1n) is 7.27. The van der Waals surface area contributed by atoms with Gasteiger partial charge >= 0.3 is 18.9 Å². The molecule has 0 bridgehead atoms. The topological polar surface area (TPSA) is 17.1 Å². The van der Waals surface area contributed by atoms with E-state index >= 15 is 0 Å². The fraction of sp³-hybridized carbons (Fsp3) is 0.316. The minimum Gasteiger partial charge on any atom is -1.00 e. The van der Waals surface area contributed by atoms with E-state index in [4.69, 9.17) is 0 Å². The van der Waals surface area contributed by atoms with E-state index in [-0.39, 0.29) is 34.4 Å². The van der Waals surface area contributed by atoms with Gasteiger partial charge in [-0.05, 0) is 83.2 Å². The van der Waals surface area contributed by atoms with Crippen LogP contribution in [0.2, 0.25) is 0 Å². The predicted octanol–water partition coefficient (Wildman–Crippen LogP) is 1.80. The van der Waals surface area contributed by atoms with Crippen molar-refractivity contribution >= 4 is 19.4 Å². The Morgan fingerprint density at radius 2 is 1.50 bits per heavy atom. The molecule has 3 heteroatoms. The van der Waals surface area contributed by atoms with Crippen LogP contribution < -0.4 is 24.2 Å². The molecule has 0 N–H and O–H groups in total. The van der Waals surface area contributed by atoms with Crippen LogP contribution in [0.4, 0.5) is 0 Å². The molecule has 0 saturated carbocycles. The second-order valence-electron chi connectivity index (χ2n) is 5.91. The van der Waals surface area contributed by atoms with Gasteiger partial charge in [0.25, 0.3) is 0 Å². The molecule has 2 aromatic rings. The maximum Gasteiger partial charge on any atom is 1.00 e. The van der Waals surface area contributed by atoms with Gasteiger partial charge in [0.2, 0.25) is 0 Å². The molecule has 22 heavy (non-hydrogen) atoms. The second kappa shape index (κ2) is 7.61. The third-order valence-electron chi connectivity index (χ3n) is 4.21. The van der Waals surface area contributed by atoms with Crippen LogP contribution in [0.5, 0.6) is 0 Å². The van der Waals surface area contributed by atoms with Gasteiger partial charge in [0.15, 0.2) is 5.52 Å². The van der Waals surface area contributed by atoms with Crippen LogP contribution in [-0.2, 0) is 0 Å². The summed E-state index contributed by atoms with van der Waals surface area (Å²) in [5, 5.41) is 1.16. The third-order valence-corrected chi connectivity index (χ3v) is 5.52. The molecule has 0 aliphatic rings. The molecule has 0 radical (unpaired) electrons. The van der Waals surface area contributed by atoms with E-state index in [2.05, 4.69) is 58.9 Å². The number of aryl methyl sites for hydroxylation is 4. The molecular formula is C19H24LiOP. The van der Waals surface area contributed by atoms with Crippen molar-refractivity contribution in [1.82, 2.24) is 0 Å². The number of rotatable bonds is 3. The summed E-state index contributed by atoms with van der Waals surface area (Å²) in [6.45, 7) is 12.5. The predicted molar refractivity (Wildman–Crippen MR) is 94.7 cm³/mol. The zero-order valence-electron chi connectivity index (χ0n) is 15.7. The normalized spacial score (nSPS) is 10.8. The van der Waals surface area contributed by atoms with E-state index in [9.17, 15) is 4.79 Å². The number of carbonyl (C=O) groups excluding carboxylic acids is 1. The summed E-state index contributed by atoms with van der Waals surface area (Å²) in [6, 6.07) is 8.45. The monoisotopic (exact) mass is 306 g/mol. The van der Waals surface area contributed by atoms with Gasteiger partial charge in [0.1, 0.15) is 0 Å². The molecule has 1 nitrogen and oxygen atoms in total. The Kier molecular flexibility index (Phi) is 6.63. The van der Waals surface area contributed by atoms with E-state index in [0.717, 1.165) is 22.0 Å². The number of carbonyl (C=O) groups is 1. The summed E-state index contributed by atoms with van der Waals surface area (Å²) >= 11 is 0. The second-order valence-corrected chi connectivity index (χ2v) is 7.15.